The van der Waals surface area contributed by atoms with Crippen LogP contribution in [0.1, 0.15) is 35.9 Å². The van der Waals surface area contributed by atoms with Crippen LogP contribution >= 0.6 is 11.3 Å². The van der Waals surface area contributed by atoms with Gasteiger partial charge in [0, 0.05) is 42.7 Å². The van der Waals surface area contributed by atoms with E-state index in [0.29, 0.717) is 36.3 Å². The predicted octanol–water partition coefficient (Wildman–Crippen LogP) is 2.98. The molecule has 1 saturated heterocycles. The number of aromatic nitrogens is 1. The topological polar surface area (TPSA) is 71.4 Å². The van der Waals surface area contributed by atoms with Crippen molar-refractivity contribution in [3.63, 3.8) is 0 Å². The van der Waals surface area contributed by atoms with Gasteiger partial charge < -0.3 is 14.8 Å². The Morgan fingerprint density at radius 3 is 2.79 bits per heavy atom. The number of hydrogen-bond acceptors (Lipinski definition) is 4. The minimum absolute atomic E-state index is 0.0564. The van der Waals surface area contributed by atoms with Crippen LogP contribution in [0.5, 0.6) is 0 Å². The van der Waals surface area contributed by atoms with Gasteiger partial charge in [-0.2, -0.15) is 0 Å². The minimum Gasteiger partial charge on any atom is -0.351 e. The number of likely N-dealkylation sites (tertiary alicyclic amines) is 1. The van der Waals surface area contributed by atoms with Crippen LogP contribution in [0.3, 0.4) is 0 Å². The first-order valence-electron chi connectivity index (χ1n) is 9.71. The van der Waals surface area contributed by atoms with Crippen LogP contribution in [0.25, 0.3) is 21.0 Å². The van der Waals surface area contributed by atoms with E-state index >= 15 is 0 Å². The lowest BCUT2D eigenvalue weighted by atomic mass is 10.1. The Kier molecular flexibility index (Phi) is 5.17. The number of thiophene rings is 1. The number of pyridine rings is 1. The fourth-order valence-electron chi connectivity index (χ4n) is 3.83. The molecule has 146 valence electrons. The maximum Gasteiger partial charge on any atom is 0.261 e. The van der Waals surface area contributed by atoms with Crippen LogP contribution < -0.4 is 10.9 Å². The van der Waals surface area contributed by atoms with E-state index in [4.69, 9.17) is 0 Å². The summed E-state index contributed by atoms with van der Waals surface area (Å²) >= 11 is 1.36. The van der Waals surface area contributed by atoms with Crippen LogP contribution in [0.15, 0.2) is 35.1 Å². The van der Waals surface area contributed by atoms with E-state index in [2.05, 4.69) is 5.32 Å². The molecule has 0 saturated carbocycles. The van der Waals surface area contributed by atoms with Crippen molar-refractivity contribution in [2.45, 2.75) is 32.7 Å². The predicted molar refractivity (Wildman–Crippen MR) is 112 cm³/mol. The molecule has 1 fully saturated rings. The SMILES string of the molecule is CCn1c(=O)c2cc(C(=O)NCCCN3CCCC3=O)sc2c2ccccc21. The lowest BCUT2D eigenvalue weighted by Crippen LogP contribution is -2.30. The molecule has 4 rings (SSSR count). The third kappa shape index (κ3) is 3.30. The minimum atomic E-state index is -0.166. The molecular weight excluding hydrogens is 374 g/mol. The van der Waals surface area contributed by atoms with Gasteiger partial charge in [0.15, 0.2) is 0 Å². The summed E-state index contributed by atoms with van der Waals surface area (Å²) in [6.07, 6.45) is 2.29. The summed E-state index contributed by atoms with van der Waals surface area (Å²) in [4.78, 5) is 39.5. The van der Waals surface area contributed by atoms with Crippen LogP contribution in [0, 0.1) is 0 Å². The summed E-state index contributed by atoms with van der Waals surface area (Å²) in [5, 5.41) is 4.51. The summed E-state index contributed by atoms with van der Waals surface area (Å²) < 4.78 is 2.61. The zero-order chi connectivity index (χ0) is 19.7. The number of nitrogens with zero attached hydrogens (tertiary/aromatic N) is 2. The molecule has 1 aromatic carbocycles. The van der Waals surface area contributed by atoms with Gasteiger partial charge in [-0.15, -0.1) is 11.3 Å². The highest BCUT2D eigenvalue weighted by molar-refractivity contribution is 7.21. The van der Waals surface area contributed by atoms with Gasteiger partial charge in [0.1, 0.15) is 0 Å². The highest BCUT2D eigenvalue weighted by Crippen LogP contribution is 2.30. The number of nitrogens with one attached hydrogen (secondary N) is 1. The number of para-hydroxylation sites is 1. The Bertz CT molecular complexity index is 1120. The van der Waals surface area contributed by atoms with E-state index in [1.54, 1.807) is 10.6 Å². The zero-order valence-corrected chi connectivity index (χ0v) is 16.7. The average molecular weight is 398 g/mol. The number of aryl methyl sites for hydroxylation is 1. The number of fused-ring (bicyclic) bond motifs is 3. The quantitative estimate of drug-likeness (QED) is 0.650. The van der Waals surface area contributed by atoms with Crippen molar-refractivity contribution in [1.29, 1.82) is 0 Å². The number of carbonyl (C=O) groups excluding carboxylic acids is 2. The molecule has 2 amide bonds. The van der Waals surface area contributed by atoms with Gasteiger partial charge in [-0.25, -0.2) is 0 Å². The van der Waals surface area contributed by atoms with Crippen molar-refractivity contribution in [1.82, 2.24) is 14.8 Å². The molecule has 6 nitrogen and oxygen atoms in total. The van der Waals surface area contributed by atoms with E-state index in [0.717, 1.165) is 35.0 Å². The first-order valence-corrected chi connectivity index (χ1v) is 10.5. The van der Waals surface area contributed by atoms with Crippen LogP contribution in [0.2, 0.25) is 0 Å². The molecule has 0 bridgehead atoms. The Morgan fingerprint density at radius 1 is 1.21 bits per heavy atom. The number of rotatable bonds is 6. The Labute approximate surface area is 166 Å². The zero-order valence-electron chi connectivity index (χ0n) is 15.9. The first-order chi connectivity index (χ1) is 13.6. The number of carbonyl (C=O) groups is 2. The molecule has 28 heavy (non-hydrogen) atoms. The third-order valence-corrected chi connectivity index (χ3v) is 6.42. The van der Waals surface area contributed by atoms with Crippen LogP contribution in [-0.2, 0) is 11.3 Å². The van der Waals surface area contributed by atoms with Crippen molar-refractivity contribution < 1.29 is 9.59 Å². The number of amides is 2. The van der Waals surface area contributed by atoms with E-state index in [1.165, 1.54) is 11.3 Å². The summed E-state index contributed by atoms with van der Waals surface area (Å²) in [6, 6.07) is 9.52. The highest BCUT2D eigenvalue weighted by atomic mass is 32.1. The summed E-state index contributed by atoms with van der Waals surface area (Å²) in [7, 11) is 0. The monoisotopic (exact) mass is 397 g/mol. The molecule has 3 aromatic rings. The van der Waals surface area contributed by atoms with Crippen LogP contribution in [-0.4, -0.2) is 40.9 Å². The molecule has 2 aromatic heterocycles. The fourth-order valence-corrected chi connectivity index (χ4v) is 4.93. The Balaban J connectivity index is 1.53. The summed E-state index contributed by atoms with van der Waals surface area (Å²) in [5.74, 6) is 0.0374. The van der Waals surface area contributed by atoms with Gasteiger partial charge in [-0.05, 0) is 31.9 Å². The maximum atomic E-state index is 12.8. The molecule has 1 aliphatic rings. The molecule has 1 aliphatic heterocycles. The van der Waals surface area contributed by atoms with Crippen molar-refractivity contribution in [2.24, 2.45) is 0 Å². The molecule has 0 radical (unpaired) electrons. The van der Waals surface area contributed by atoms with E-state index in [1.807, 2.05) is 36.1 Å². The third-order valence-electron chi connectivity index (χ3n) is 5.25. The Morgan fingerprint density at radius 2 is 2.04 bits per heavy atom. The van der Waals surface area contributed by atoms with Crippen LogP contribution in [0.4, 0.5) is 0 Å². The number of hydrogen-bond donors (Lipinski definition) is 1. The molecule has 0 unspecified atom stereocenters. The summed E-state index contributed by atoms with van der Waals surface area (Å²) in [6.45, 7) is 4.54. The van der Waals surface area contributed by atoms with E-state index < -0.39 is 0 Å². The smallest absolute Gasteiger partial charge is 0.261 e. The van der Waals surface area contributed by atoms with Crippen molar-refractivity contribution in [3.8, 4) is 0 Å². The van der Waals surface area contributed by atoms with E-state index in [-0.39, 0.29) is 17.4 Å². The highest BCUT2D eigenvalue weighted by Gasteiger charge is 2.20. The van der Waals surface area contributed by atoms with Gasteiger partial charge in [0.25, 0.3) is 11.5 Å². The second-order valence-corrected chi connectivity index (χ2v) is 8.07. The van der Waals surface area contributed by atoms with Gasteiger partial charge in [-0.1, -0.05) is 18.2 Å². The molecule has 0 atom stereocenters. The molecule has 1 N–H and O–H groups in total. The molecular formula is C21H23N3O3S. The lowest BCUT2D eigenvalue weighted by molar-refractivity contribution is -0.127. The standard InChI is InChI=1S/C21H23N3O3S/c1-2-24-16-8-4-3-7-14(16)19-15(21(24)27)13-17(28-19)20(26)22-10-6-12-23-11-5-9-18(23)25/h3-4,7-8,13H,2,5-6,9-12H2,1H3,(H,22,26). The largest absolute Gasteiger partial charge is 0.351 e. The second-order valence-electron chi connectivity index (χ2n) is 7.01. The van der Waals surface area contributed by atoms with Gasteiger partial charge in [0.05, 0.1) is 15.8 Å². The average Bonchev–Trinajstić information content (AvgIpc) is 3.32. The second kappa shape index (κ2) is 7.75. The fraction of sp³-hybridized carbons (Fsp3) is 0.381. The van der Waals surface area contributed by atoms with Gasteiger partial charge in [-0.3, -0.25) is 14.4 Å². The molecule has 0 aliphatic carbocycles. The van der Waals surface area contributed by atoms with Gasteiger partial charge >= 0.3 is 0 Å². The Hall–Kier alpha value is -2.67. The summed E-state index contributed by atoms with van der Waals surface area (Å²) in [5.41, 5.74) is 0.839. The van der Waals surface area contributed by atoms with Crippen molar-refractivity contribution in [3.05, 3.63) is 45.6 Å². The van der Waals surface area contributed by atoms with Gasteiger partial charge in [0.2, 0.25) is 5.91 Å². The number of benzene rings is 1. The normalized spacial score (nSPS) is 14.3. The lowest BCUT2D eigenvalue weighted by Gasteiger charge is -2.15. The molecule has 3 heterocycles. The first kappa shape index (κ1) is 18.7. The van der Waals surface area contributed by atoms with Crippen molar-refractivity contribution >= 4 is 44.1 Å². The maximum absolute atomic E-state index is 12.8. The molecule has 0 spiro atoms. The van der Waals surface area contributed by atoms with E-state index in [9.17, 15) is 14.4 Å². The van der Waals surface area contributed by atoms with Crippen molar-refractivity contribution in [2.75, 3.05) is 19.6 Å². The molecule has 7 heteroatoms.